The second-order valence-corrected chi connectivity index (χ2v) is 5.21. The average molecular weight is 289 g/mol. The number of hydrogen-bond acceptors (Lipinski definition) is 4. The molecule has 1 aromatic carbocycles. The van der Waals surface area contributed by atoms with Crippen LogP contribution in [0.1, 0.15) is 0 Å². The Hall–Kier alpha value is 0.233. The summed E-state index contributed by atoms with van der Waals surface area (Å²) in [7, 11) is 1.39. The third-order valence-corrected chi connectivity index (χ3v) is 3.04. The normalized spacial score (nSPS) is 10.6. The first-order chi connectivity index (χ1) is 5.41. The first-order valence-corrected chi connectivity index (χ1v) is 5.70. The molecule has 0 unspecified atom stereocenters. The third kappa shape index (κ3) is 3.46. The smallest absolute Gasteiger partial charge is 0.261 e. The van der Waals surface area contributed by atoms with Gasteiger partial charge in [-0.2, -0.15) is 0 Å². The van der Waals surface area contributed by atoms with E-state index in [4.69, 9.17) is 16.4 Å². The summed E-state index contributed by atoms with van der Waals surface area (Å²) in [5, 5.41) is 0. The first-order valence-electron chi connectivity index (χ1n) is 2.94. The standard InChI is InChI=1S/C6H6ClNO2S2.Zn/c7-12(9,10)4-1-2-6(11)5(8)3-4;/h1-3,11H,8H2;. The molecule has 0 saturated heterocycles. The Morgan fingerprint density at radius 1 is 1.38 bits per heavy atom. The van der Waals surface area contributed by atoms with Gasteiger partial charge >= 0.3 is 0 Å². The van der Waals surface area contributed by atoms with Gasteiger partial charge in [0.1, 0.15) is 0 Å². The van der Waals surface area contributed by atoms with Gasteiger partial charge in [0, 0.05) is 40.7 Å². The molecule has 0 saturated carbocycles. The second kappa shape index (κ2) is 4.64. The summed E-state index contributed by atoms with van der Waals surface area (Å²) < 4.78 is 21.6. The summed E-state index contributed by atoms with van der Waals surface area (Å²) in [6.07, 6.45) is 0. The van der Waals surface area contributed by atoms with Crippen LogP contribution >= 0.6 is 23.3 Å². The Labute approximate surface area is 99.2 Å². The number of hydrogen-bond donors (Lipinski definition) is 2. The van der Waals surface area contributed by atoms with Crippen molar-refractivity contribution in [2.45, 2.75) is 9.79 Å². The number of rotatable bonds is 1. The Morgan fingerprint density at radius 3 is 2.31 bits per heavy atom. The van der Waals surface area contributed by atoms with Crippen molar-refractivity contribution in [3.8, 4) is 0 Å². The van der Waals surface area contributed by atoms with Crippen LogP contribution in [0.15, 0.2) is 28.0 Å². The van der Waals surface area contributed by atoms with Gasteiger partial charge in [-0.25, -0.2) is 8.42 Å². The molecule has 1 aromatic rings. The van der Waals surface area contributed by atoms with Gasteiger partial charge in [0.15, 0.2) is 0 Å². The van der Waals surface area contributed by atoms with Crippen LogP contribution in [0.2, 0.25) is 0 Å². The van der Waals surface area contributed by atoms with Gasteiger partial charge in [0.05, 0.1) is 4.90 Å². The molecule has 0 bridgehead atoms. The van der Waals surface area contributed by atoms with Crippen molar-refractivity contribution in [1.82, 2.24) is 0 Å². The van der Waals surface area contributed by atoms with E-state index >= 15 is 0 Å². The molecule has 0 aliphatic carbocycles. The van der Waals surface area contributed by atoms with Crippen LogP contribution in [-0.4, -0.2) is 8.42 Å². The van der Waals surface area contributed by atoms with E-state index in [9.17, 15) is 8.42 Å². The molecular formula is C6H6ClNO2S2Zn. The van der Waals surface area contributed by atoms with Gasteiger partial charge in [0.25, 0.3) is 9.05 Å². The summed E-state index contributed by atoms with van der Waals surface area (Å²) in [6.45, 7) is 0. The number of nitrogen functional groups attached to an aromatic ring is 1. The fourth-order valence-electron chi connectivity index (χ4n) is 0.684. The number of thiol groups is 1. The van der Waals surface area contributed by atoms with Crippen LogP contribution in [0.4, 0.5) is 5.69 Å². The number of nitrogens with two attached hydrogens (primary N) is 1. The van der Waals surface area contributed by atoms with Crippen LogP contribution in [-0.2, 0) is 28.5 Å². The van der Waals surface area contributed by atoms with Crippen LogP contribution < -0.4 is 5.73 Å². The molecule has 3 nitrogen and oxygen atoms in total. The van der Waals surface area contributed by atoms with Crippen LogP contribution in [0.3, 0.4) is 0 Å². The molecule has 0 fully saturated rings. The van der Waals surface area contributed by atoms with Crippen LogP contribution in [0.25, 0.3) is 0 Å². The molecule has 0 aliphatic rings. The monoisotopic (exact) mass is 287 g/mol. The van der Waals surface area contributed by atoms with Crippen molar-refractivity contribution in [3.63, 3.8) is 0 Å². The van der Waals surface area contributed by atoms with Crippen molar-refractivity contribution in [1.29, 1.82) is 0 Å². The molecule has 13 heavy (non-hydrogen) atoms. The first kappa shape index (κ1) is 13.2. The zero-order valence-electron chi connectivity index (χ0n) is 6.57. The Morgan fingerprint density at radius 2 is 1.92 bits per heavy atom. The summed E-state index contributed by atoms with van der Waals surface area (Å²) in [5.41, 5.74) is 5.71. The van der Waals surface area contributed by atoms with Crippen LogP contribution in [0, 0.1) is 0 Å². The van der Waals surface area contributed by atoms with E-state index in [0.717, 1.165) is 0 Å². The zero-order valence-corrected chi connectivity index (χ0v) is 12.0. The van der Waals surface area contributed by atoms with Gasteiger partial charge in [-0.1, -0.05) is 0 Å². The maximum absolute atomic E-state index is 10.8. The fourth-order valence-corrected chi connectivity index (χ4v) is 1.61. The van der Waals surface area contributed by atoms with E-state index < -0.39 is 9.05 Å². The Bertz CT molecular complexity index is 407. The molecule has 0 amide bonds. The van der Waals surface area contributed by atoms with E-state index in [2.05, 4.69) is 12.6 Å². The molecule has 0 aliphatic heterocycles. The number of halogens is 1. The van der Waals surface area contributed by atoms with Gasteiger partial charge in [-0.05, 0) is 18.2 Å². The van der Waals surface area contributed by atoms with Gasteiger partial charge in [0.2, 0.25) is 0 Å². The average Bonchev–Trinajstić information content (AvgIpc) is 1.92. The minimum Gasteiger partial charge on any atom is -0.398 e. The van der Waals surface area contributed by atoms with Crippen molar-refractivity contribution in [3.05, 3.63) is 18.2 Å². The second-order valence-electron chi connectivity index (χ2n) is 2.16. The molecule has 1 rings (SSSR count). The molecular weight excluding hydrogens is 283 g/mol. The van der Waals surface area contributed by atoms with E-state index in [1.165, 1.54) is 18.2 Å². The molecule has 2 N–H and O–H groups in total. The van der Waals surface area contributed by atoms with Gasteiger partial charge in [-0.3, -0.25) is 0 Å². The SMILES string of the molecule is Nc1cc(S(=O)(=O)Cl)ccc1S.[Zn]. The van der Waals surface area contributed by atoms with E-state index in [1.54, 1.807) is 0 Å². The molecule has 0 spiro atoms. The Kier molecular flexibility index (Phi) is 4.73. The summed E-state index contributed by atoms with van der Waals surface area (Å²) >= 11 is 3.98. The predicted molar refractivity (Wildman–Crippen MR) is 51.1 cm³/mol. The Balaban J connectivity index is 0.00000144. The summed E-state index contributed by atoms with van der Waals surface area (Å²) in [6, 6.07) is 4.10. The summed E-state index contributed by atoms with van der Waals surface area (Å²) in [5.74, 6) is 0. The fraction of sp³-hybridized carbons (Fsp3) is 0. The van der Waals surface area contributed by atoms with E-state index in [1.807, 2.05) is 0 Å². The molecule has 0 radical (unpaired) electrons. The molecule has 0 heterocycles. The molecule has 0 aromatic heterocycles. The van der Waals surface area contributed by atoms with Gasteiger partial charge < -0.3 is 5.73 Å². The molecule has 0 atom stereocenters. The minimum absolute atomic E-state index is 0. The molecule has 68 valence electrons. The molecule has 7 heteroatoms. The predicted octanol–water partition coefficient (Wildman–Crippen LogP) is 1.48. The van der Waals surface area contributed by atoms with Crippen molar-refractivity contribution >= 4 is 38.0 Å². The van der Waals surface area contributed by atoms with Gasteiger partial charge in [-0.15, -0.1) is 12.6 Å². The third-order valence-electron chi connectivity index (χ3n) is 1.28. The minimum atomic E-state index is -3.68. The number of anilines is 1. The van der Waals surface area contributed by atoms with E-state index in [-0.39, 0.29) is 24.4 Å². The van der Waals surface area contributed by atoms with E-state index in [0.29, 0.717) is 10.6 Å². The maximum Gasteiger partial charge on any atom is 0.261 e. The maximum atomic E-state index is 10.8. The topological polar surface area (TPSA) is 60.2 Å². The number of benzene rings is 1. The van der Waals surface area contributed by atoms with Crippen molar-refractivity contribution in [2.75, 3.05) is 5.73 Å². The largest absolute Gasteiger partial charge is 0.398 e. The van der Waals surface area contributed by atoms with Crippen molar-refractivity contribution in [2.24, 2.45) is 0 Å². The zero-order chi connectivity index (χ0) is 9.35. The quantitative estimate of drug-likeness (QED) is 0.356. The van der Waals surface area contributed by atoms with Crippen LogP contribution in [0.5, 0.6) is 0 Å². The van der Waals surface area contributed by atoms with Crippen molar-refractivity contribution < 1.29 is 27.9 Å². The summed E-state index contributed by atoms with van der Waals surface area (Å²) in [4.78, 5) is 0.513.